The maximum Gasteiger partial charge on any atom is 0.172 e. The molecule has 1 saturated carbocycles. The topological polar surface area (TPSA) is 26.3 Å². The molecule has 1 aromatic rings. The van der Waals surface area contributed by atoms with E-state index in [0.717, 1.165) is 40.8 Å². The van der Waals surface area contributed by atoms with Crippen LogP contribution in [0, 0.1) is 11.3 Å². The number of para-hydroxylation sites is 1. The second-order valence-corrected chi connectivity index (χ2v) is 16.8. The van der Waals surface area contributed by atoms with Gasteiger partial charge in [-0.15, -0.1) is 0 Å². The maximum atomic E-state index is 13.7. The number of hydrogen-bond donors (Lipinski definition) is 0. The molecule has 2 nitrogen and oxygen atoms in total. The minimum atomic E-state index is -1.58. The summed E-state index contributed by atoms with van der Waals surface area (Å²) in [6.45, 7) is 19.0. The van der Waals surface area contributed by atoms with Gasteiger partial charge in [0, 0.05) is 5.41 Å². The number of fused-ring (bicyclic) bond motifs is 3. The first-order valence-corrected chi connectivity index (χ1v) is 13.2. The van der Waals surface area contributed by atoms with Gasteiger partial charge in [-0.2, -0.15) is 0 Å². The molecule has 2 bridgehead atoms. The van der Waals surface area contributed by atoms with Gasteiger partial charge in [0.2, 0.25) is 0 Å². The Morgan fingerprint density at radius 2 is 1.59 bits per heavy atom. The molecule has 1 aliphatic carbocycles. The van der Waals surface area contributed by atoms with E-state index in [-0.39, 0.29) is 11.0 Å². The Bertz CT molecular complexity index is 701. The summed E-state index contributed by atoms with van der Waals surface area (Å²) in [4.78, 5) is 13.7. The van der Waals surface area contributed by atoms with E-state index in [4.69, 9.17) is 4.74 Å². The van der Waals surface area contributed by atoms with Crippen molar-refractivity contribution in [3.63, 3.8) is 0 Å². The number of benzene rings is 1. The van der Waals surface area contributed by atoms with Gasteiger partial charge in [0.1, 0.15) is 11.4 Å². The Morgan fingerprint density at radius 3 is 2.15 bits per heavy atom. The first kappa shape index (κ1) is 20.6. The zero-order valence-electron chi connectivity index (χ0n) is 18.6. The third kappa shape index (κ3) is 3.10. The fourth-order valence-corrected chi connectivity index (χ4v) is 13.7. The van der Waals surface area contributed by atoms with Crippen LogP contribution in [0.4, 0.5) is 0 Å². The van der Waals surface area contributed by atoms with Gasteiger partial charge in [-0.1, -0.05) is 83.3 Å². The van der Waals surface area contributed by atoms with Crippen LogP contribution in [0.15, 0.2) is 24.3 Å². The molecule has 0 saturated heterocycles. The molecule has 1 aliphatic heterocycles. The summed E-state index contributed by atoms with van der Waals surface area (Å²) in [5.41, 5.74) is 2.42. The van der Waals surface area contributed by atoms with E-state index < -0.39 is 8.07 Å². The van der Waals surface area contributed by atoms with Crippen molar-refractivity contribution < 1.29 is 9.53 Å². The Morgan fingerprint density at radius 1 is 1.04 bits per heavy atom. The summed E-state index contributed by atoms with van der Waals surface area (Å²) in [7, 11) is -1.58. The van der Waals surface area contributed by atoms with Gasteiger partial charge in [0.15, 0.2) is 5.78 Å². The van der Waals surface area contributed by atoms with Gasteiger partial charge < -0.3 is 4.74 Å². The molecule has 2 aliphatic rings. The molecule has 0 amide bonds. The van der Waals surface area contributed by atoms with Crippen LogP contribution in [0.2, 0.25) is 22.7 Å². The fourth-order valence-electron chi connectivity index (χ4n) is 6.83. The van der Waals surface area contributed by atoms with Crippen molar-refractivity contribution in [3.8, 4) is 5.75 Å². The summed E-state index contributed by atoms with van der Waals surface area (Å²) in [6.07, 6.45) is 1.85. The van der Waals surface area contributed by atoms with E-state index in [1.54, 1.807) is 0 Å². The van der Waals surface area contributed by atoms with Crippen molar-refractivity contribution in [3.05, 3.63) is 29.8 Å². The summed E-state index contributed by atoms with van der Waals surface area (Å²) < 4.78 is 6.49. The van der Waals surface area contributed by atoms with E-state index in [1.165, 1.54) is 6.04 Å². The molecule has 3 heteroatoms. The lowest BCUT2D eigenvalue weighted by Gasteiger charge is -2.47. The highest BCUT2D eigenvalue weighted by molar-refractivity contribution is 6.83. The van der Waals surface area contributed by atoms with E-state index >= 15 is 0 Å². The van der Waals surface area contributed by atoms with Crippen LogP contribution in [-0.4, -0.2) is 19.5 Å². The van der Waals surface area contributed by atoms with Gasteiger partial charge in [0.25, 0.3) is 0 Å². The van der Waals surface area contributed by atoms with Crippen LogP contribution in [0.1, 0.15) is 78.6 Å². The van der Waals surface area contributed by atoms with E-state index in [2.05, 4.69) is 55.4 Å². The van der Waals surface area contributed by atoms with Gasteiger partial charge in [-0.05, 0) is 37.8 Å². The molecular formula is C24H38O2Si. The number of carbonyl (C=O) groups excluding carboxylic acids is 1. The van der Waals surface area contributed by atoms with E-state index in [1.807, 2.05) is 24.3 Å². The highest BCUT2D eigenvalue weighted by Gasteiger charge is 2.60. The Balaban J connectivity index is 2.05. The number of ether oxygens (including phenoxy) is 1. The second kappa shape index (κ2) is 6.75. The van der Waals surface area contributed by atoms with Crippen molar-refractivity contribution in [1.29, 1.82) is 0 Å². The average Bonchev–Trinajstić information content (AvgIpc) is 2.77. The van der Waals surface area contributed by atoms with Crippen LogP contribution in [0.5, 0.6) is 5.75 Å². The molecular weight excluding hydrogens is 348 g/mol. The Labute approximate surface area is 167 Å². The van der Waals surface area contributed by atoms with Crippen LogP contribution < -0.4 is 4.74 Å². The maximum absolute atomic E-state index is 13.7. The third-order valence-corrected chi connectivity index (χ3v) is 15.8. The lowest BCUT2D eigenvalue weighted by Crippen LogP contribution is -2.48. The standard InChI is InChI=1S/C24H38O2Si/c1-16(2)27(17(3)4,18(5)6)14-19-13-23(7)15-24(19,8)22(25)20-11-9-10-12-21(20)26-23/h9-12,16-19H,13-15H2,1-8H3/t19-,23+,24+/m0/s1. The van der Waals surface area contributed by atoms with Gasteiger partial charge in [-0.3, -0.25) is 4.79 Å². The summed E-state index contributed by atoms with van der Waals surface area (Å²) in [5, 5.41) is 0. The smallest absolute Gasteiger partial charge is 0.172 e. The van der Waals surface area contributed by atoms with Crippen LogP contribution in [0.3, 0.4) is 0 Å². The summed E-state index contributed by atoms with van der Waals surface area (Å²) in [5.74, 6) is 1.51. The monoisotopic (exact) mass is 386 g/mol. The SMILES string of the molecule is CC(C)[Si](C[C@@H]1C[C@]2(C)C[C@@]1(C)C(=O)c1ccccc1O2)(C(C)C)C(C)C. The minimum absolute atomic E-state index is 0.229. The van der Waals surface area contributed by atoms with Gasteiger partial charge >= 0.3 is 0 Å². The first-order chi connectivity index (χ1) is 12.5. The highest BCUT2D eigenvalue weighted by Crippen LogP contribution is 2.60. The third-order valence-electron chi connectivity index (χ3n) is 8.15. The minimum Gasteiger partial charge on any atom is -0.487 e. The largest absolute Gasteiger partial charge is 0.487 e. The number of Topliss-reactive ketones (excluding diaryl/α,β-unsaturated/α-hetero) is 1. The summed E-state index contributed by atoms with van der Waals surface area (Å²) >= 11 is 0. The van der Waals surface area contributed by atoms with E-state index in [9.17, 15) is 4.79 Å². The van der Waals surface area contributed by atoms with Gasteiger partial charge in [-0.25, -0.2) is 0 Å². The normalized spacial score (nSPS) is 30.6. The predicted octanol–water partition coefficient (Wildman–Crippen LogP) is 7.12. The molecule has 3 atom stereocenters. The number of ketones is 1. The molecule has 150 valence electrons. The molecule has 0 N–H and O–H groups in total. The fraction of sp³-hybridized carbons (Fsp3) is 0.708. The van der Waals surface area contributed by atoms with E-state index in [0.29, 0.717) is 11.7 Å². The lowest BCUT2D eigenvalue weighted by molar-refractivity contribution is 0.0736. The number of rotatable bonds is 5. The molecule has 1 fully saturated rings. The van der Waals surface area contributed by atoms with Crippen molar-refractivity contribution in [2.45, 2.75) is 96.5 Å². The molecule has 27 heavy (non-hydrogen) atoms. The van der Waals surface area contributed by atoms with Gasteiger partial charge in [0.05, 0.1) is 13.6 Å². The molecule has 1 heterocycles. The molecule has 0 unspecified atom stereocenters. The van der Waals surface area contributed by atoms with Crippen LogP contribution in [0.25, 0.3) is 0 Å². The molecule has 0 radical (unpaired) electrons. The lowest BCUT2D eigenvalue weighted by atomic mass is 9.74. The summed E-state index contributed by atoms with van der Waals surface area (Å²) in [6, 6.07) is 9.11. The highest BCUT2D eigenvalue weighted by atomic mass is 28.3. The Kier molecular flexibility index (Phi) is 5.16. The van der Waals surface area contributed by atoms with Crippen molar-refractivity contribution in [1.82, 2.24) is 0 Å². The molecule has 0 spiro atoms. The second-order valence-electron chi connectivity index (χ2n) is 10.7. The zero-order valence-corrected chi connectivity index (χ0v) is 19.6. The molecule has 0 aromatic heterocycles. The number of hydrogen-bond acceptors (Lipinski definition) is 2. The molecule has 3 rings (SSSR count). The molecule has 1 aromatic carbocycles. The average molecular weight is 387 g/mol. The Hall–Kier alpha value is -1.09. The van der Waals surface area contributed by atoms with Crippen LogP contribution >= 0.6 is 0 Å². The predicted molar refractivity (Wildman–Crippen MR) is 116 cm³/mol. The zero-order chi connectivity index (χ0) is 20.2. The van der Waals surface area contributed by atoms with Crippen LogP contribution in [-0.2, 0) is 0 Å². The first-order valence-electron chi connectivity index (χ1n) is 10.8. The quantitative estimate of drug-likeness (QED) is 0.504. The van der Waals surface area contributed by atoms with Crippen molar-refractivity contribution in [2.75, 3.05) is 0 Å². The van der Waals surface area contributed by atoms with Crippen molar-refractivity contribution >= 4 is 13.9 Å². The number of carbonyl (C=O) groups is 1. The van der Waals surface area contributed by atoms with Crippen molar-refractivity contribution in [2.24, 2.45) is 11.3 Å².